The number of halogens is 1. The van der Waals surface area contributed by atoms with Crippen LogP contribution in [0, 0.1) is 0 Å². The molecule has 4 aromatic rings. The topological polar surface area (TPSA) is 78.3 Å². The van der Waals surface area contributed by atoms with Gasteiger partial charge in [-0.25, -0.2) is 13.1 Å². The highest BCUT2D eigenvalue weighted by Crippen LogP contribution is 2.40. The summed E-state index contributed by atoms with van der Waals surface area (Å²) in [4.78, 5) is 11.6. The predicted octanol–water partition coefficient (Wildman–Crippen LogP) is 4.86. The summed E-state index contributed by atoms with van der Waals surface area (Å²) in [5.74, 6) is 0.286. The molecule has 32 heavy (non-hydrogen) atoms. The van der Waals surface area contributed by atoms with Crippen molar-refractivity contribution in [1.29, 1.82) is 0 Å². The molecule has 0 N–H and O–H groups in total. The Kier molecular flexibility index (Phi) is 6.12. The second kappa shape index (κ2) is 8.98. The first-order chi connectivity index (χ1) is 15.4. The Balaban J connectivity index is 1.91. The molecule has 0 aliphatic carbocycles. The smallest absolute Gasteiger partial charge is 0.299 e. The Morgan fingerprint density at radius 3 is 2.16 bits per heavy atom. The van der Waals surface area contributed by atoms with Crippen molar-refractivity contribution in [1.82, 2.24) is 9.78 Å². The summed E-state index contributed by atoms with van der Waals surface area (Å²) in [6.45, 7) is 0.750. The number of hydrogen-bond acceptors (Lipinski definition) is 5. The van der Waals surface area contributed by atoms with Crippen LogP contribution in [0.2, 0.25) is 5.02 Å². The van der Waals surface area contributed by atoms with E-state index in [-0.39, 0.29) is 10.8 Å². The maximum Gasteiger partial charge on any atom is 0.299 e. The molecule has 0 amide bonds. The van der Waals surface area contributed by atoms with Gasteiger partial charge in [-0.3, -0.25) is 4.79 Å². The fraction of sp³-hybridized carbons (Fsp3) is 0.0833. The van der Waals surface area contributed by atoms with E-state index in [0.29, 0.717) is 34.9 Å². The van der Waals surface area contributed by atoms with Gasteiger partial charge in [-0.2, -0.15) is 5.10 Å². The van der Waals surface area contributed by atoms with Crippen LogP contribution in [0.5, 0.6) is 5.88 Å². The molecule has 0 unspecified atom stereocenters. The van der Waals surface area contributed by atoms with Gasteiger partial charge in [-0.15, -0.1) is 0 Å². The first-order valence-electron chi connectivity index (χ1n) is 9.68. The molecule has 1 heterocycles. The van der Waals surface area contributed by atoms with Crippen molar-refractivity contribution in [2.75, 3.05) is 6.26 Å². The zero-order valence-corrected chi connectivity index (χ0v) is 18.7. The van der Waals surface area contributed by atoms with Crippen LogP contribution in [0.4, 0.5) is 0 Å². The fourth-order valence-corrected chi connectivity index (χ4v) is 4.17. The highest BCUT2D eigenvalue weighted by molar-refractivity contribution is 7.90. The molecule has 0 aliphatic rings. The molecule has 0 saturated heterocycles. The monoisotopic (exact) mass is 466 g/mol. The molecule has 3 aromatic carbocycles. The summed E-state index contributed by atoms with van der Waals surface area (Å²) in [6, 6.07) is 23.2. The molecule has 0 radical (unpaired) electrons. The fourth-order valence-electron chi connectivity index (χ4n) is 3.41. The van der Waals surface area contributed by atoms with E-state index in [1.807, 2.05) is 42.5 Å². The number of aromatic nitrogens is 2. The van der Waals surface area contributed by atoms with E-state index in [0.717, 1.165) is 17.4 Å². The van der Waals surface area contributed by atoms with Crippen LogP contribution in [-0.2, 0) is 21.2 Å². The van der Waals surface area contributed by atoms with Gasteiger partial charge in [-0.1, -0.05) is 66.2 Å². The molecule has 1 aromatic heterocycles. The lowest BCUT2D eigenvalue weighted by molar-refractivity contribution is -0.121. The van der Waals surface area contributed by atoms with Gasteiger partial charge in [0.05, 0.1) is 17.0 Å². The van der Waals surface area contributed by atoms with Crippen molar-refractivity contribution >= 4 is 27.9 Å². The van der Waals surface area contributed by atoms with Gasteiger partial charge in [0.15, 0.2) is 9.84 Å². The highest BCUT2D eigenvalue weighted by atomic mass is 35.5. The number of sulfone groups is 1. The summed E-state index contributed by atoms with van der Waals surface area (Å²) in [5.41, 5.74) is 3.59. The minimum absolute atomic E-state index is 0.211. The van der Waals surface area contributed by atoms with Crippen molar-refractivity contribution < 1.29 is 17.9 Å². The normalized spacial score (nSPS) is 11.3. The molecule has 162 valence electrons. The van der Waals surface area contributed by atoms with Gasteiger partial charge in [0.1, 0.15) is 5.69 Å². The lowest BCUT2D eigenvalue weighted by atomic mass is 10.0. The Labute approximate surface area is 191 Å². The maximum atomic E-state index is 11.9. The molecule has 6 nitrogen and oxygen atoms in total. The molecular formula is C24H19ClN2O4S. The van der Waals surface area contributed by atoms with Gasteiger partial charge in [0, 0.05) is 16.8 Å². The first-order valence-corrected chi connectivity index (χ1v) is 12.0. The van der Waals surface area contributed by atoms with Crippen LogP contribution >= 0.6 is 11.6 Å². The molecule has 4 rings (SSSR count). The molecule has 8 heteroatoms. The third-order valence-corrected chi connectivity index (χ3v) is 6.31. The molecule has 0 fully saturated rings. The summed E-state index contributed by atoms with van der Waals surface area (Å²) < 4.78 is 30.7. The van der Waals surface area contributed by atoms with Gasteiger partial charge < -0.3 is 4.74 Å². The summed E-state index contributed by atoms with van der Waals surface area (Å²) in [5, 5.41) is 5.31. The van der Waals surface area contributed by atoms with Crippen LogP contribution in [0.3, 0.4) is 0 Å². The lowest BCUT2D eigenvalue weighted by Gasteiger charge is -2.08. The SMILES string of the molecule is CS(=O)(=O)c1ccc(-c2nn(Cc3ccccc3)c(OC=O)c2-c2ccc(Cl)cc2)cc1. The van der Waals surface area contributed by atoms with Crippen molar-refractivity contribution in [3.8, 4) is 28.3 Å². The lowest BCUT2D eigenvalue weighted by Crippen LogP contribution is -2.05. The van der Waals surface area contributed by atoms with Crippen LogP contribution in [-0.4, -0.2) is 30.9 Å². The Hall–Kier alpha value is -3.42. The summed E-state index contributed by atoms with van der Waals surface area (Å²) in [7, 11) is -3.33. The number of carbonyl (C=O) groups is 1. The van der Waals surface area contributed by atoms with Gasteiger partial charge in [-0.05, 0) is 35.4 Å². The number of rotatable bonds is 7. The molecule has 0 saturated carbocycles. The number of benzene rings is 3. The second-order valence-electron chi connectivity index (χ2n) is 7.19. The molecular weight excluding hydrogens is 448 g/mol. The maximum absolute atomic E-state index is 11.9. The van der Waals surface area contributed by atoms with Gasteiger partial charge >= 0.3 is 0 Å². The van der Waals surface area contributed by atoms with E-state index in [1.54, 1.807) is 28.9 Å². The average molecular weight is 467 g/mol. The third kappa shape index (κ3) is 4.59. The molecule has 0 spiro atoms. The first kappa shape index (κ1) is 21.8. The minimum Gasteiger partial charge on any atom is -0.409 e. The molecule has 0 aliphatic heterocycles. The van der Waals surface area contributed by atoms with Crippen LogP contribution in [0.1, 0.15) is 5.56 Å². The van der Waals surface area contributed by atoms with E-state index in [2.05, 4.69) is 0 Å². The number of ether oxygens (including phenoxy) is 1. The summed E-state index contributed by atoms with van der Waals surface area (Å²) >= 11 is 6.06. The molecule has 0 bridgehead atoms. The van der Waals surface area contributed by atoms with Gasteiger partial charge in [0.2, 0.25) is 5.88 Å². The largest absolute Gasteiger partial charge is 0.409 e. The van der Waals surface area contributed by atoms with Gasteiger partial charge in [0.25, 0.3) is 6.47 Å². The van der Waals surface area contributed by atoms with E-state index < -0.39 is 9.84 Å². The number of carbonyl (C=O) groups excluding carboxylic acids is 1. The minimum atomic E-state index is -3.33. The quantitative estimate of drug-likeness (QED) is 0.363. The number of nitrogens with zero attached hydrogens (tertiary/aromatic N) is 2. The van der Waals surface area contributed by atoms with Crippen molar-refractivity contribution in [3.63, 3.8) is 0 Å². The van der Waals surface area contributed by atoms with Crippen molar-refractivity contribution in [3.05, 3.63) is 89.4 Å². The molecule has 0 atom stereocenters. The zero-order valence-electron chi connectivity index (χ0n) is 17.1. The predicted molar refractivity (Wildman–Crippen MR) is 123 cm³/mol. The Bertz CT molecular complexity index is 1350. The zero-order chi connectivity index (χ0) is 22.7. The van der Waals surface area contributed by atoms with Crippen LogP contribution in [0.25, 0.3) is 22.4 Å². The standard InChI is InChI=1S/C24H19ClN2O4S/c1-32(29,30)21-13-9-19(10-14-21)23-22(18-7-11-20(25)12-8-18)24(31-16-28)27(26-23)15-17-5-3-2-4-6-17/h2-14,16H,15H2,1H3. The van der Waals surface area contributed by atoms with E-state index >= 15 is 0 Å². The van der Waals surface area contributed by atoms with Crippen LogP contribution in [0.15, 0.2) is 83.8 Å². The average Bonchev–Trinajstić information content (AvgIpc) is 3.13. The highest BCUT2D eigenvalue weighted by Gasteiger charge is 2.23. The summed E-state index contributed by atoms with van der Waals surface area (Å²) in [6.07, 6.45) is 1.16. The van der Waals surface area contributed by atoms with Crippen molar-refractivity contribution in [2.24, 2.45) is 0 Å². The third-order valence-electron chi connectivity index (χ3n) is 4.93. The Morgan fingerprint density at radius 1 is 0.938 bits per heavy atom. The Morgan fingerprint density at radius 2 is 1.56 bits per heavy atom. The van der Waals surface area contributed by atoms with E-state index in [1.165, 1.54) is 12.1 Å². The number of hydrogen-bond donors (Lipinski definition) is 0. The van der Waals surface area contributed by atoms with E-state index in [9.17, 15) is 13.2 Å². The van der Waals surface area contributed by atoms with Crippen LogP contribution < -0.4 is 4.74 Å². The van der Waals surface area contributed by atoms with Crippen molar-refractivity contribution in [2.45, 2.75) is 11.4 Å². The second-order valence-corrected chi connectivity index (χ2v) is 9.64. The van der Waals surface area contributed by atoms with E-state index in [4.69, 9.17) is 21.4 Å².